The van der Waals surface area contributed by atoms with Crippen LogP contribution in [0.5, 0.6) is 0 Å². The van der Waals surface area contributed by atoms with Gasteiger partial charge in [0.15, 0.2) is 0 Å². The molecular formula is C18H22FN3O5. The standard InChI is InChI=1S/C18H22FN3O5/c1-11(18(26)27)21(8-7-20-12(2)23)17(25)13-9-16(24)22(10-13)15-6-4-3-5-14(15)19/h3-6,11,13H,7-10H2,1-2H3,(H,20,23)(H,26,27). The van der Waals surface area contributed by atoms with Crippen LogP contribution in [0.1, 0.15) is 20.3 Å². The van der Waals surface area contributed by atoms with Crippen LogP contribution in [0.2, 0.25) is 0 Å². The van der Waals surface area contributed by atoms with Crippen LogP contribution in [0.25, 0.3) is 0 Å². The molecule has 1 aliphatic rings. The van der Waals surface area contributed by atoms with Gasteiger partial charge < -0.3 is 20.2 Å². The summed E-state index contributed by atoms with van der Waals surface area (Å²) in [7, 11) is 0. The maximum atomic E-state index is 14.0. The molecule has 1 heterocycles. The minimum atomic E-state index is -1.19. The number of hydrogen-bond donors (Lipinski definition) is 2. The van der Waals surface area contributed by atoms with E-state index in [0.717, 1.165) is 4.90 Å². The quantitative estimate of drug-likeness (QED) is 0.722. The number of nitrogens with zero attached hydrogens (tertiary/aromatic N) is 2. The van der Waals surface area contributed by atoms with Crippen molar-refractivity contribution >= 4 is 29.4 Å². The number of carbonyl (C=O) groups is 4. The van der Waals surface area contributed by atoms with Crippen molar-refractivity contribution < 1.29 is 28.7 Å². The minimum absolute atomic E-state index is 0.00370. The Bertz CT molecular complexity index is 754. The zero-order chi connectivity index (χ0) is 20.1. The van der Waals surface area contributed by atoms with Crippen molar-refractivity contribution in [1.82, 2.24) is 10.2 Å². The summed E-state index contributed by atoms with van der Waals surface area (Å²) < 4.78 is 14.0. The molecule has 1 saturated heterocycles. The van der Waals surface area contributed by atoms with Crippen molar-refractivity contribution in [3.63, 3.8) is 0 Å². The number of nitrogens with one attached hydrogen (secondary N) is 1. The Labute approximate surface area is 155 Å². The van der Waals surface area contributed by atoms with E-state index in [1.807, 2.05) is 0 Å². The number of hydrogen-bond acceptors (Lipinski definition) is 4. The normalized spacial score (nSPS) is 17.5. The minimum Gasteiger partial charge on any atom is -0.480 e. The van der Waals surface area contributed by atoms with Crippen molar-refractivity contribution in [2.24, 2.45) is 5.92 Å². The van der Waals surface area contributed by atoms with E-state index in [9.17, 15) is 28.7 Å². The van der Waals surface area contributed by atoms with Crippen molar-refractivity contribution in [3.8, 4) is 0 Å². The second-order valence-electron chi connectivity index (χ2n) is 6.39. The Hall–Kier alpha value is -2.97. The fourth-order valence-corrected chi connectivity index (χ4v) is 2.99. The molecule has 2 atom stereocenters. The summed E-state index contributed by atoms with van der Waals surface area (Å²) in [6.45, 7) is 2.74. The van der Waals surface area contributed by atoms with Gasteiger partial charge in [-0.05, 0) is 19.1 Å². The highest BCUT2D eigenvalue weighted by Gasteiger charge is 2.39. The van der Waals surface area contributed by atoms with E-state index in [1.165, 1.54) is 36.9 Å². The van der Waals surface area contributed by atoms with Crippen molar-refractivity contribution in [1.29, 1.82) is 0 Å². The Morgan fingerprint density at radius 3 is 2.63 bits per heavy atom. The molecule has 0 radical (unpaired) electrons. The lowest BCUT2D eigenvalue weighted by Gasteiger charge is -2.29. The number of halogens is 1. The number of anilines is 1. The summed E-state index contributed by atoms with van der Waals surface area (Å²) in [4.78, 5) is 49.8. The highest BCUT2D eigenvalue weighted by Crippen LogP contribution is 2.28. The molecule has 1 aliphatic heterocycles. The van der Waals surface area contributed by atoms with Gasteiger partial charge in [0.2, 0.25) is 17.7 Å². The molecule has 0 aromatic heterocycles. The lowest BCUT2D eigenvalue weighted by atomic mass is 10.1. The van der Waals surface area contributed by atoms with Gasteiger partial charge in [0.1, 0.15) is 11.9 Å². The fraction of sp³-hybridized carbons (Fsp3) is 0.444. The summed E-state index contributed by atoms with van der Waals surface area (Å²) in [5, 5.41) is 11.8. The smallest absolute Gasteiger partial charge is 0.326 e. The number of benzene rings is 1. The van der Waals surface area contributed by atoms with E-state index in [2.05, 4.69) is 5.32 Å². The lowest BCUT2D eigenvalue weighted by molar-refractivity contribution is -0.151. The van der Waals surface area contributed by atoms with Gasteiger partial charge in [0.25, 0.3) is 0 Å². The van der Waals surface area contributed by atoms with E-state index >= 15 is 0 Å². The molecule has 2 N–H and O–H groups in total. The van der Waals surface area contributed by atoms with Gasteiger partial charge in [-0.2, -0.15) is 0 Å². The SMILES string of the molecule is CC(=O)NCCN(C(=O)C1CC(=O)N(c2ccccc2F)C1)C(C)C(=O)O. The summed E-state index contributed by atoms with van der Waals surface area (Å²) in [6, 6.07) is 4.65. The van der Waals surface area contributed by atoms with Crippen molar-refractivity contribution in [3.05, 3.63) is 30.1 Å². The molecule has 9 heteroatoms. The van der Waals surface area contributed by atoms with Gasteiger partial charge in [-0.25, -0.2) is 9.18 Å². The Morgan fingerprint density at radius 1 is 1.37 bits per heavy atom. The Balaban J connectivity index is 2.15. The molecule has 0 aliphatic carbocycles. The van der Waals surface area contributed by atoms with Gasteiger partial charge in [0.05, 0.1) is 11.6 Å². The molecule has 0 bridgehead atoms. The first-order valence-corrected chi connectivity index (χ1v) is 8.55. The highest BCUT2D eigenvalue weighted by molar-refractivity contribution is 6.00. The number of rotatable bonds is 7. The number of aliphatic carboxylic acids is 1. The Kier molecular flexibility index (Phi) is 6.49. The molecule has 1 aromatic carbocycles. The molecule has 146 valence electrons. The molecule has 3 amide bonds. The van der Waals surface area contributed by atoms with Crippen LogP contribution in [-0.4, -0.2) is 59.4 Å². The fourth-order valence-electron chi connectivity index (χ4n) is 2.99. The molecule has 27 heavy (non-hydrogen) atoms. The number of carboxylic acids is 1. The predicted octanol–water partition coefficient (Wildman–Crippen LogP) is 0.616. The van der Waals surface area contributed by atoms with E-state index < -0.39 is 35.6 Å². The van der Waals surface area contributed by atoms with Crippen LogP contribution in [-0.2, 0) is 19.2 Å². The first-order chi connectivity index (χ1) is 12.7. The van der Waals surface area contributed by atoms with Crippen LogP contribution >= 0.6 is 0 Å². The molecule has 2 unspecified atom stereocenters. The number of carboxylic acid groups (broad SMARTS) is 1. The van der Waals surface area contributed by atoms with Crippen molar-refractivity contribution in [2.45, 2.75) is 26.3 Å². The number of para-hydroxylation sites is 1. The third kappa shape index (κ3) is 4.81. The summed E-state index contributed by atoms with van der Waals surface area (Å²) in [6.07, 6.45) is -0.129. The van der Waals surface area contributed by atoms with Gasteiger partial charge in [-0.1, -0.05) is 12.1 Å². The van der Waals surface area contributed by atoms with Gasteiger partial charge in [-0.15, -0.1) is 0 Å². The van der Waals surface area contributed by atoms with E-state index in [-0.39, 0.29) is 37.6 Å². The first-order valence-electron chi connectivity index (χ1n) is 8.55. The van der Waals surface area contributed by atoms with Crippen LogP contribution < -0.4 is 10.2 Å². The second kappa shape index (κ2) is 8.61. The average Bonchev–Trinajstić information content (AvgIpc) is 2.99. The molecule has 2 rings (SSSR count). The number of amides is 3. The predicted molar refractivity (Wildman–Crippen MR) is 94.4 cm³/mol. The molecule has 1 aromatic rings. The van der Waals surface area contributed by atoms with Crippen LogP contribution in [0.15, 0.2) is 24.3 Å². The second-order valence-corrected chi connectivity index (χ2v) is 6.39. The van der Waals surface area contributed by atoms with E-state index in [1.54, 1.807) is 6.07 Å². The number of carbonyl (C=O) groups excluding carboxylic acids is 3. The highest BCUT2D eigenvalue weighted by atomic mass is 19.1. The maximum Gasteiger partial charge on any atom is 0.326 e. The average molecular weight is 379 g/mol. The molecule has 0 saturated carbocycles. The van der Waals surface area contributed by atoms with E-state index in [0.29, 0.717) is 0 Å². The van der Waals surface area contributed by atoms with Gasteiger partial charge >= 0.3 is 5.97 Å². The zero-order valence-electron chi connectivity index (χ0n) is 15.1. The molecule has 1 fully saturated rings. The topological polar surface area (TPSA) is 107 Å². The lowest BCUT2D eigenvalue weighted by Crippen LogP contribution is -2.49. The first kappa shape index (κ1) is 20.3. The molecular weight excluding hydrogens is 357 g/mol. The maximum absolute atomic E-state index is 14.0. The van der Waals surface area contributed by atoms with Crippen molar-refractivity contribution in [2.75, 3.05) is 24.5 Å². The largest absolute Gasteiger partial charge is 0.480 e. The van der Waals surface area contributed by atoms with Crippen LogP contribution in [0.3, 0.4) is 0 Å². The monoisotopic (exact) mass is 379 g/mol. The van der Waals surface area contributed by atoms with Crippen LogP contribution in [0.4, 0.5) is 10.1 Å². The summed E-state index contributed by atoms with van der Waals surface area (Å²) >= 11 is 0. The zero-order valence-corrected chi connectivity index (χ0v) is 15.1. The third-order valence-electron chi connectivity index (χ3n) is 4.45. The summed E-state index contributed by atoms with van der Waals surface area (Å²) in [5.74, 6) is -3.75. The van der Waals surface area contributed by atoms with Crippen LogP contribution in [0, 0.1) is 11.7 Å². The molecule has 0 spiro atoms. The van der Waals surface area contributed by atoms with Gasteiger partial charge in [-0.3, -0.25) is 14.4 Å². The third-order valence-corrected chi connectivity index (χ3v) is 4.45. The Morgan fingerprint density at radius 2 is 2.04 bits per heavy atom. The van der Waals surface area contributed by atoms with Gasteiger partial charge in [0, 0.05) is 33.0 Å². The van der Waals surface area contributed by atoms with E-state index in [4.69, 9.17) is 0 Å². The summed E-state index contributed by atoms with van der Waals surface area (Å²) in [5.41, 5.74) is 0.0916. The molecule has 8 nitrogen and oxygen atoms in total.